The van der Waals surface area contributed by atoms with Crippen LogP contribution in [0.1, 0.15) is 95.2 Å². The number of piperidine rings is 1. The van der Waals surface area contributed by atoms with Crippen molar-refractivity contribution in [3.05, 3.63) is 31.9 Å². The predicted molar refractivity (Wildman–Crippen MR) is 154 cm³/mol. The van der Waals surface area contributed by atoms with Crippen molar-refractivity contribution in [2.24, 2.45) is 5.92 Å². The second-order valence-electron chi connectivity index (χ2n) is 9.92. The number of carbonyl (C=O) groups is 1. The van der Waals surface area contributed by atoms with Crippen LogP contribution in [0.2, 0.25) is 0 Å². The molecule has 8 heteroatoms. The highest BCUT2D eigenvalue weighted by atomic mass is 32.2. The van der Waals surface area contributed by atoms with Gasteiger partial charge in [-0.05, 0) is 56.6 Å². The maximum atomic E-state index is 13.5. The standard InChI is InChI=1S/C28H40N4O2S2/c1-5-8-13-21(7-3)19-32-27(34)24(36-28(32)35)17-22-20(4)23(18-29)26(33)31(16-9-6-2)25(22)30-14-11-10-12-15-30/h17,21H,5-16,19H2,1-4H3/b24-17-. The van der Waals surface area contributed by atoms with Gasteiger partial charge in [0, 0.05) is 31.7 Å². The van der Waals surface area contributed by atoms with E-state index in [1.54, 1.807) is 9.47 Å². The number of thiocarbonyl (C=S) groups is 1. The largest absolute Gasteiger partial charge is 0.357 e. The van der Waals surface area contributed by atoms with Crippen LogP contribution in [0, 0.1) is 24.2 Å². The highest BCUT2D eigenvalue weighted by Crippen LogP contribution is 2.37. The van der Waals surface area contributed by atoms with E-state index in [1.165, 1.54) is 18.2 Å². The number of rotatable bonds is 11. The number of pyridine rings is 1. The number of thioether (sulfide) groups is 1. The Labute approximate surface area is 225 Å². The topological polar surface area (TPSA) is 69.3 Å². The van der Waals surface area contributed by atoms with Crippen LogP contribution < -0.4 is 10.5 Å². The molecule has 1 aromatic heterocycles. The van der Waals surface area contributed by atoms with Crippen LogP contribution in [-0.2, 0) is 11.3 Å². The first kappa shape index (κ1) is 28.5. The maximum absolute atomic E-state index is 13.5. The molecule has 0 N–H and O–H groups in total. The molecule has 1 amide bonds. The van der Waals surface area contributed by atoms with Crippen LogP contribution in [0.4, 0.5) is 5.82 Å². The number of hydrogen-bond donors (Lipinski definition) is 0. The van der Waals surface area contributed by atoms with Crippen molar-refractivity contribution in [2.45, 2.75) is 92.0 Å². The van der Waals surface area contributed by atoms with Crippen molar-refractivity contribution in [1.29, 1.82) is 5.26 Å². The monoisotopic (exact) mass is 528 g/mol. The first-order valence-electron chi connectivity index (χ1n) is 13.6. The van der Waals surface area contributed by atoms with Gasteiger partial charge in [-0.2, -0.15) is 5.26 Å². The number of aromatic nitrogens is 1. The van der Waals surface area contributed by atoms with Gasteiger partial charge in [0.15, 0.2) is 0 Å². The van der Waals surface area contributed by atoms with Crippen molar-refractivity contribution >= 4 is 46.1 Å². The molecule has 36 heavy (non-hydrogen) atoms. The quantitative estimate of drug-likeness (QED) is 0.250. The Balaban J connectivity index is 2.09. The minimum Gasteiger partial charge on any atom is -0.357 e. The highest BCUT2D eigenvalue weighted by Gasteiger charge is 2.34. The Morgan fingerprint density at radius 2 is 1.81 bits per heavy atom. The summed E-state index contributed by atoms with van der Waals surface area (Å²) >= 11 is 6.98. The van der Waals surface area contributed by atoms with Gasteiger partial charge in [-0.15, -0.1) is 0 Å². The summed E-state index contributed by atoms with van der Waals surface area (Å²) in [4.78, 5) is 31.5. The van der Waals surface area contributed by atoms with Gasteiger partial charge in [0.1, 0.15) is 21.8 Å². The molecule has 0 aromatic carbocycles. The van der Waals surface area contributed by atoms with E-state index in [0.717, 1.165) is 75.8 Å². The molecule has 3 heterocycles. The van der Waals surface area contributed by atoms with Crippen LogP contribution in [0.25, 0.3) is 6.08 Å². The molecule has 0 spiro atoms. The fourth-order valence-corrected chi connectivity index (χ4v) is 6.34. The van der Waals surface area contributed by atoms with Gasteiger partial charge in [-0.25, -0.2) is 0 Å². The average Bonchev–Trinajstić information content (AvgIpc) is 3.15. The molecule has 3 rings (SSSR count). The molecule has 1 aromatic rings. The summed E-state index contributed by atoms with van der Waals surface area (Å²) in [6.45, 7) is 11.2. The average molecular weight is 529 g/mol. The second kappa shape index (κ2) is 13.4. The van der Waals surface area contributed by atoms with Crippen LogP contribution in [-0.4, -0.2) is 39.3 Å². The van der Waals surface area contributed by atoms with Gasteiger partial charge >= 0.3 is 0 Å². The van der Waals surface area contributed by atoms with Gasteiger partial charge in [0.05, 0.1) is 4.91 Å². The Morgan fingerprint density at radius 1 is 1.11 bits per heavy atom. The summed E-state index contributed by atoms with van der Waals surface area (Å²) in [6, 6.07) is 2.15. The molecule has 2 aliphatic rings. The molecule has 2 fully saturated rings. The number of anilines is 1. The summed E-state index contributed by atoms with van der Waals surface area (Å²) in [7, 11) is 0. The SMILES string of the molecule is CCCCC(CC)CN1C(=O)/C(=C/c2c(C)c(C#N)c(=O)n(CCCC)c2N2CCCCC2)SC1=S. The van der Waals surface area contributed by atoms with E-state index < -0.39 is 0 Å². The van der Waals surface area contributed by atoms with E-state index in [4.69, 9.17) is 12.2 Å². The minimum atomic E-state index is -0.226. The lowest BCUT2D eigenvalue weighted by atomic mass is 9.99. The van der Waals surface area contributed by atoms with Crippen molar-refractivity contribution in [2.75, 3.05) is 24.5 Å². The van der Waals surface area contributed by atoms with Gasteiger partial charge in [-0.3, -0.25) is 19.1 Å². The van der Waals surface area contributed by atoms with E-state index in [-0.39, 0.29) is 17.0 Å². The smallest absolute Gasteiger partial charge is 0.270 e. The predicted octanol–water partition coefficient (Wildman–Crippen LogP) is 6.24. The van der Waals surface area contributed by atoms with Crippen molar-refractivity contribution in [3.8, 4) is 6.07 Å². The fraction of sp³-hybridized carbons (Fsp3) is 0.643. The summed E-state index contributed by atoms with van der Waals surface area (Å²) < 4.78 is 2.38. The van der Waals surface area contributed by atoms with Crippen LogP contribution in [0.5, 0.6) is 0 Å². The molecule has 2 aliphatic heterocycles. The van der Waals surface area contributed by atoms with E-state index >= 15 is 0 Å². The molecule has 196 valence electrons. The molecule has 2 saturated heterocycles. The molecule has 0 saturated carbocycles. The second-order valence-corrected chi connectivity index (χ2v) is 11.6. The fourth-order valence-electron chi connectivity index (χ4n) is 5.08. The lowest BCUT2D eigenvalue weighted by Crippen LogP contribution is -2.37. The van der Waals surface area contributed by atoms with Crippen LogP contribution in [0.3, 0.4) is 0 Å². The number of unbranched alkanes of at least 4 members (excludes halogenated alkanes) is 2. The summed E-state index contributed by atoms with van der Waals surface area (Å²) in [5.74, 6) is 1.22. The van der Waals surface area contributed by atoms with Crippen molar-refractivity contribution < 1.29 is 4.79 Å². The minimum absolute atomic E-state index is 0.0613. The van der Waals surface area contributed by atoms with E-state index in [0.29, 0.717) is 33.8 Å². The number of carbonyl (C=O) groups excluding carboxylic acids is 1. The highest BCUT2D eigenvalue weighted by molar-refractivity contribution is 8.26. The van der Waals surface area contributed by atoms with Gasteiger partial charge in [-0.1, -0.05) is 70.4 Å². The van der Waals surface area contributed by atoms with Gasteiger partial charge in [0.2, 0.25) is 0 Å². The van der Waals surface area contributed by atoms with Gasteiger partial charge in [0.25, 0.3) is 11.5 Å². The molecule has 0 bridgehead atoms. The molecular formula is C28H40N4O2S2. The molecule has 6 nitrogen and oxygen atoms in total. The number of nitriles is 1. The number of amides is 1. The van der Waals surface area contributed by atoms with Crippen LogP contribution >= 0.6 is 24.0 Å². The van der Waals surface area contributed by atoms with Crippen molar-refractivity contribution in [3.63, 3.8) is 0 Å². The molecule has 1 atom stereocenters. The normalized spacial score (nSPS) is 18.2. The third kappa shape index (κ3) is 6.23. The van der Waals surface area contributed by atoms with E-state index in [9.17, 15) is 14.9 Å². The first-order chi connectivity index (χ1) is 17.4. The lowest BCUT2D eigenvalue weighted by Gasteiger charge is -2.33. The van der Waals surface area contributed by atoms with E-state index in [1.807, 2.05) is 13.0 Å². The van der Waals surface area contributed by atoms with E-state index in [2.05, 4.69) is 31.7 Å². The Bertz CT molecular complexity index is 1100. The Morgan fingerprint density at radius 3 is 2.42 bits per heavy atom. The number of hydrogen-bond acceptors (Lipinski definition) is 6. The first-order valence-corrected chi connectivity index (χ1v) is 14.8. The lowest BCUT2D eigenvalue weighted by molar-refractivity contribution is -0.122. The maximum Gasteiger partial charge on any atom is 0.270 e. The zero-order chi connectivity index (χ0) is 26.2. The molecule has 0 aliphatic carbocycles. The van der Waals surface area contributed by atoms with Crippen LogP contribution in [0.15, 0.2) is 9.70 Å². The van der Waals surface area contributed by atoms with Crippen molar-refractivity contribution in [1.82, 2.24) is 9.47 Å². The van der Waals surface area contributed by atoms with Gasteiger partial charge < -0.3 is 4.90 Å². The molecule has 0 radical (unpaired) electrons. The third-order valence-electron chi connectivity index (χ3n) is 7.37. The summed E-state index contributed by atoms with van der Waals surface area (Å²) in [5.41, 5.74) is 1.40. The number of nitrogens with zero attached hydrogens (tertiary/aromatic N) is 4. The Kier molecular flexibility index (Phi) is 10.6. The zero-order valence-electron chi connectivity index (χ0n) is 22.3. The summed E-state index contributed by atoms with van der Waals surface area (Å²) in [6.07, 6.45) is 11.4. The molecule has 1 unspecified atom stereocenters. The third-order valence-corrected chi connectivity index (χ3v) is 8.75. The summed E-state index contributed by atoms with van der Waals surface area (Å²) in [5, 5.41) is 9.87. The Hall–Kier alpha value is -2.11. The zero-order valence-corrected chi connectivity index (χ0v) is 23.9. The molecular weight excluding hydrogens is 488 g/mol.